The van der Waals surface area contributed by atoms with Gasteiger partial charge in [-0.05, 0) is 19.9 Å². The molecule has 2 N–H and O–H groups in total. The second-order valence-corrected chi connectivity index (χ2v) is 5.26. The molecule has 2 rings (SSSR count). The summed E-state index contributed by atoms with van der Waals surface area (Å²) < 4.78 is 5.20. The van der Waals surface area contributed by atoms with Gasteiger partial charge in [-0.2, -0.15) is 0 Å². The summed E-state index contributed by atoms with van der Waals surface area (Å²) in [6, 6.07) is 0.215. The van der Waals surface area contributed by atoms with Crippen LogP contribution in [0, 0.1) is 5.92 Å². The third kappa shape index (κ3) is 3.28. The maximum Gasteiger partial charge on any atom is 0.231 e. The second-order valence-electron chi connectivity index (χ2n) is 4.41. The van der Waals surface area contributed by atoms with Gasteiger partial charge in [0.15, 0.2) is 5.13 Å². The predicted octanol–water partition coefficient (Wildman–Crippen LogP) is 1.79. The third-order valence-electron chi connectivity index (χ3n) is 3.01. The summed E-state index contributed by atoms with van der Waals surface area (Å²) in [5.41, 5.74) is 0.972. The van der Waals surface area contributed by atoms with Crippen LogP contribution in [0.1, 0.15) is 32.0 Å². The van der Waals surface area contributed by atoms with Crippen LogP contribution in [0.3, 0.4) is 0 Å². The van der Waals surface area contributed by atoms with Crippen LogP contribution in [0.25, 0.3) is 0 Å². The normalized spacial score (nSPS) is 20.9. The molecule has 0 radical (unpaired) electrons. The van der Waals surface area contributed by atoms with E-state index in [4.69, 9.17) is 4.74 Å². The van der Waals surface area contributed by atoms with E-state index in [0.29, 0.717) is 18.3 Å². The number of hydrogen-bond donors (Lipinski definition) is 2. The molecule has 2 heterocycles. The fourth-order valence-corrected chi connectivity index (χ4v) is 2.71. The highest BCUT2D eigenvalue weighted by Crippen LogP contribution is 2.22. The average molecular weight is 269 g/mol. The van der Waals surface area contributed by atoms with Crippen molar-refractivity contribution in [3.63, 3.8) is 0 Å². The van der Waals surface area contributed by atoms with E-state index in [9.17, 15) is 4.79 Å². The summed E-state index contributed by atoms with van der Waals surface area (Å²) >= 11 is 1.47. The monoisotopic (exact) mass is 269 g/mol. The van der Waals surface area contributed by atoms with Gasteiger partial charge >= 0.3 is 0 Å². The largest absolute Gasteiger partial charge is 0.381 e. The molecule has 1 aliphatic heterocycles. The number of nitrogens with zero attached hydrogens (tertiary/aromatic N) is 1. The van der Waals surface area contributed by atoms with Gasteiger partial charge in [-0.3, -0.25) is 4.79 Å². The van der Waals surface area contributed by atoms with E-state index in [1.807, 2.05) is 5.38 Å². The quantitative estimate of drug-likeness (QED) is 0.855. The summed E-state index contributed by atoms with van der Waals surface area (Å²) in [6.45, 7) is 6.23. The van der Waals surface area contributed by atoms with Crippen LogP contribution in [0.2, 0.25) is 0 Å². The van der Waals surface area contributed by atoms with Crippen LogP contribution in [0.5, 0.6) is 0 Å². The van der Waals surface area contributed by atoms with Gasteiger partial charge in [0.25, 0.3) is 0 Å². The lowest BCUT2D eigenvalue weighted by Crippen LogP contribution is -2.23. The SMILES string of the molecule is CCNC(C)c1csc(NC(=O)C2CCOC2)n1. The van der Waals surface area contributed by atoms with Crippen LogP contribution in [0.15, 0.2) is 5.38 Å². The van der Waals surface area contributed by atoms with Crippen molar-refractivity contribution in [2.45, 2.75) is 26.3 Å². The number of amides is 1. The topological polar surface area (TPSA) is 63.2 Å². The highest BCUT2D eigenvalue weighted by molar-refractivity contribution is 7.13. The zero-order valence-electron chi connectivity index (χ0n) is 10.7. The van der Waals surface area contributed by atoms with Gasteiger partial charge < -0.3 is 15.4 Å². The molecule has 18 heavy (non-hydrogen) atoms. The van der Waals surface area contributed by atoms with Crippen LogP contribution in [0.4, 0.5) is 5.13 Å². The zero-order valence-corrected chi connectivity index (χ0v) is 11.5. The van der Waals surface area contributed by atoms with Crippen molar-refractivity contribution in [3.05, 3.63) is 11.1 Å². The van der Waals surface area contributed by atoms with Crippen LogP contribution in [-0.2, 0) is 9.53 Å². The van der Waals surface area contributed by atoms with Crippen molar-refractivity contribution in [2.24, 2.45) is 5.92 Å². The molecule has 1 aromatic rings. The van der Waals surface area contributed by atoms with Crippen molar-refractivity contribution in [3.8, 4) is 0 Å². The van der Waals surface area contributed by atoms with Gasteiger partial charge in [0.1, 0.15) is 0 Å². The van der Waals surface area contributed by atoms with Gasteiger partial charge in [0, 0.05) is 18.0 Å². The molecule has 0 aromatic carbocycles. The zero-order chi connectivity index (χ0) is 13.0. The van der Waals surface area contributed by atoms with Crippen LogP contribution in [-0.4, -0.2) is 30.6 Å². The standard InChI is InChI=1S/C12H19N3O2S/c1-3-13-8(2)10-7-18-12(14-10)15-11(16)9-4-5-17-6-9/h7-9,13H,3-6H2,1-2H3,(H,14,15,16). The fourth-order valence-electron chi connectivity index (χ4n) is 1.90. The molecule has 1 amide bonds. The van der Waals surface area contributed by atoms with Crippen molar-refractivity contribution < 1.29 is 9.53 Å². The molecule has 0 spiro atoms. The first kappa shape index (κ1) is 13.5. The van der Waals surface area contributed by atoms with Gasteiger partial charge in [-0.1, -0.05) is 6.92 Å². The molecule has 1 fully saturated rings. The Labute approximate surface area is 111 Å². The Bertz CT molecular complexity index is 402. The number of carbonyl (C=O) groups is 1. The molecule has 0 saturated carbocycles. The van der Waals surface area contributed by atoms with E-state index in [-0.39, 0.29) is 17.9 Å². The molecule has 100 valence electrons. The lowest BCUT2D eigenvalue weighted by molar-refractivity contribution is -0.119. The Morgan fingerprint density at radius 1 is 1.72 bits per heavy atom. The smallest absolute Gasteiger partial charge is 0.231 e. The van der Waals surface area contributed by atoms with Gasteiger partial charge in [0.05, 0.1) is 18.2 Å². The minimum atomic E-state index is -0.0245. The number of aromatic nitrogens is 1. The minimum Gasteiger partial charge on any atom is -0.381 e. The molecule has 0 aliphatic carbocycles. The van der Waals surface area contributed by atoms with E-state index in [1.54, 1.807) is 0 Å². The van der Waals surface area contributed by atoms with E-state index in [2.05, 4.69) is 29.5 Å². The van der Waals surface area contributed by atoms with Gasteiger partial charge in [-0.15, -0.1) is 11.3 Å². The molecule has 5 nitrogen and oxygen atoms in total. The Kier molecular flexibility index (Phi) is 4.68. The average Bonchev–Trinajstić information content (AvgIpc) is 2.99. The summed E-state index contributed by atoms with van der Waals surface area (Å²) in [4.78, 5) is 16.3. The summed E-state index contributed by atoms with van der Waals surface area (Å²) in [5.74, 6) is -0.00644. The number of ether oxygens (including phenoxy) is 1. The van der Waals surface area contributed by atoms with Crippen LogP contribution >= 0.6 is 11.3 Å². The number of hydrogen-bond acceptors (Lipinski definition) is 5. The van der Waals surface area contributed by atoms with E-state index in [1.165, 1.54) is 11.3 Å². The second kappa shape index (κ2) is 6.26. The summed E-state index contributed by atoms with van der Waals surface area (Å²) in [7, 11) is 0. The maximum atomic E-state index is 11.9. The highest BCUT2D eigenvalue weighted by Gasteiger charge is 2.24. The molecule has 1 aromatic heterocycles. The summed E-state index contributed by atoms with van der Waals surface area (Å²) in [5, 5.41) is 8.81. The predicted molar refractivity (Wildman–Crippen MR) is 71.8 cm³/mol. The van der Waals surface area contributed by atoms with Gasteiger partial charge in [0.2, 0.25) is 5.91 Å². The Morgan fingerprint density at radius 2 is 2.56 bits per heavy atom. The number of rotatable bonds is 5. The lowest BCUT2D eigenvalue weighted by Gasteiger charge is -2.09. The first-order chi connectivity index (χ1) is 8.70. The molecular formula is C12H19N3O2S. The molecule has 2 atom stereocenters. The van der Waals surface area contributed by atoms with Crippen molar-refractivity contribution in [1.82, 2.24) is 10.3 Å². The molecule has 2 unspecified atom stereocenters. The van der Waals surface area contributed by atoms with Crippen LogP contribution < -0.4 is 10.6 Å². The molecule has 1 saturated heterocycles. The number of anilines is 1. The van der Waals surface area contributed by atoms with Gasteiger partial charge in [-0.25, -0.2) is 4.98 Å². The molecule has 0 bridgehead atoms. The summed E-state index contributed by atoms with van der Waals surface area (Å²) in [6.07, 6.45) is 0.803. The first-order valence-corrected chi connectivity index (χ1v) is 7.16. The van der Waals surface area contributed by atoms with E-state index >= 15 is 0 Å². The maximum absolute atomic E-state index is 11.9. The molecule has 6 heteroatoms. The van der Waals surface area contributed by atoms with E-state index < -0.39 is 0 Å². The third-order valence-corrected chi connectivity index (χ3v) is 3.78. The first-order valence-electron chi connectivity index (χ1n) is 6.28. The number of thiazole rings is 1. The fraction of sp³-hybridized carbons (Fsp3) is 0.667. The van der Waals surface area contributed by atoms with Crippen molar-refractivity contribution in [2.75, 3.05) is 25.1 Å². The number of carbonyl (C=O) groups excluding carboxylic acids is 1. The Balaban J connectivity index is 1.91. The lowest BCUT2D eigenvalue weighted by atomic mass is 10.1. The van der Waals surface area contributed by atoms with E-state index in [0.717, 1.165) is 18.7 Å². The van der Waals surface area contributed by atoms with Crippen molar-refractivity contribution in [1.29, 1.82) is 0 Å². The minimum absolute atomic E-state index is 0.0181. The van der Waals surface area contributed by atoms with Crippen molar-refractivity contribution >= 4 is 22.4 Å². The Hall–Kier alpha value is -0.980. The molecular weight excluding hydrogens is 250 g/mol. The number of nitrogens with one attached hydrogen (secondary N) is 2. The molecule has 1 aliphatic rings. The Morgan fingerprint density at radius 3 is 3.22 bits per heavy atom. The highest BCUT2D eigenvalue weighted by atomic mass is 32.1.